The highest BCUT2D eigenvalue weighted by Crippen LogP contribution is 2.23. The molecule has 0 fully saturated rings. The number of thioether (sulfide) groups is 1. The lowest BCUT2D eigenvalue weighted by Crippen LogP contribution is -2.34. The Morgan fingerprint density at radius 2 is 2.00 bits per heavy atom. The van der Waals surface area contributed by atoms with Crippen LogP contribution < -0.4 is 5.32 Å². The molecule has 0 bridgehead atoms. The SMILES string of the molecule is O=C(CSc1ncnc2ccccc12)NCC(F)(F)F. The average Bonchev–Trinajstić information content (AvgIpc) is 2.42. The highest BCUT2D eigenvalue weighted by atomic mass is 32.2. The summed E-state index contributed by atoms with van der Waals surface area (Å²) in [5.41, 5.74) is 0.723. The Labute approximate surface area is 116 Å². The lowest BCUT2D eigenvalue weighted by Gasteiger charge is -2.08. The molecule has 0 atom stereocenters. The first-order valence-electron chi connectivity index (χ1n) is 5.62. The summed E-state index contributed by atoms with van der Waals surface area (Å²) in [4.78, 5) is 19.4. The van der Waals surface area contributed by atoms with Crippen LogP contribution in [0.3, 0.4) is 0 Å². The molecule has 0 aliphatic carbocycles. The molecule has 1 N–H and O–H groups in total. The van der Waals surface area contributed by atoms with Gasteiger partial charge in [0, 0.05) is 5.39 Å². The van der Waals surface area contributed by atoms with E-state index in [0.717, 1.165) is 22.7 Å². The second-order valence-corrected chi connectivity index (χ2v) is 4.84. The number of nitrogens with one attached hydrogen (secondary N) is 1. The maximum atomic E-state index is 11.9. The van der Waals surface area contributed by atoms with Gasteiger partial charge in [-0.1, -0.05) is 30.0 Å². The summed E-state index contributed by atoms with van der Waals surface area (Å²) in [7, 11) is 0. The van der Waals surface area contributed by atoms with Gasteiger partial charge in [-0.2, -0.15) is 13.2 Å². The average molecular weight is 301 g/mol. The molecule has 0 aliphatic rings. The van der Waals surface area contributed by atoms with E-state index in [4.69, 9.17) is 0 Å². The van der Waals surface area contributed by atoms with Crippen molar-refractivity contribution in [2.24, 2.45) is 0 Å². The van der Waals surface area contributed by atoms with Crippen molar-refractivity contribution in [2.75, 3.05) is 12.3 Å². The van der Waals surface area contributed by atoms with E-state index in [2.05, 4.69) is 9.97 Å². The third-order valence-corrected chi connectivity index (χ3v) is 3.34. The minimum absolute atomic E-state index is 0.128. The van der Waals surface area contributed by atoms with E-state index in [1.54, 1.807) is 18.2 Å². The van der Waals surface area contributed by atoms with Gasteiger partial charge < -0.3 is 5.32 Å². The Morgan fingerprint density at radius 3 is 2.75 bits per heavy atom. The fourth-order valence-electron chi connectivity index (χ4n) is 1.48. The van der Waals surface area contributed by atoms with Crippen molar-refractivity contribution in [2.45, 2.75) is 11.2 Å². The van der Waals surface area contributed by atoms with Gasteiger partial charge >= 0.3 is 6.18 Å². The lowest BCUT2D eigenvalue weighted by molar-refractivity contribution is -0.136. The van der Waals surface area contributed by atoms with Crippen molar-refractivity contribution in [3.63, 3.8) is 0 Å². The van der Waals surface area contributed by atoms with Crippen LogP contribution in [0.15, 0.2) is 35.6 Å². The van der Waals surface area contributed by atoms with E-state index in [9.17, 15) is 18.0 Å². The van der Waals surface area contributed by atoms with E-state index in [1.165, 1.54) is 6.33 Å². The number of rotatable bonds is 4. The molecule has 1 heterocycles. The van der Waals surface area contributed by atoms with Gasteiger partial charge in [-0.3, -0.25) is 4.79 Å². The number of fused-ring (bicyclic) bond motifs is 1. The molecule has 0 saturated heterocycles. The van der Waals surface area contributed by atoms with Crippen LogP contribution in [0, 0.1) is 0 Å². The zero-order valence-electron chi connectivity index (χ0n) is 10.1. The second-order valence-electron chi connectivity index (χ2n) is 3.88. The molecular weight excluding hydrogens is 291 g/mol. The number of halogens is 3. The van der Waals surface area contributed by atoms with Crippen LogP contribution in [-0.2, 0) is 4.79 Å². The zero-order chi connectivity index (χ0) is 14.6. The third kappa shape index (κ3) is 4.09. The smallest absolute Gasteiger partial charge is 0.346 e. The van der Waals surface area contributed by atoms with Gasteiger partial charge in [0.05, 0.1) is 11.3 Å². The van der Waals surface area contributed by atoms with Crippen LogP contribution in [0.25, 0.3) is 10.9 Å². The molecule has 0 unspecified atom stereocenters. The van der Waals surface area contributed by atoms with Gasteiger partial charge in [-0.05, 0) is 6.07 Å². The van der Waals surface area contributed by atoms with E-state index < -0.39 is 18.6 Å². The molecule has 8 heteroatoms. The molecule has 4 nitrogen and oxygen atoms in total. The van der Waals surface area contributed by atoms with Gasteiger partial charge in [0.1, 0.15) is 17.9 Å². The van der Waals surface area contributed by atoms with Crippen molar-refractivity contribution in [3.05, 3.63) is 30.6 Å². The Kier molecular flexibility index (Phi) is 4.43. The summed E-state index contributed by atoms with van der Waals surface area (Å²) in [5.74, 6) is -0.813. The van der Waals surface area contributed by atoms with Crippen molar-refractivity contribution in [1.29, 1.82) is 0 Å². The van der Waals surface area contributed by atoms with Gasteiger partial charge in [-0.25, -0.2) is 9.97 Å². The number of alkyl halides is 3. The number of hydrogen-bond donors (Lipinski definition) is 1. The fraction of sp³-hybridized carbons (Fsp3) is 0.250. The second kappa shape index (κ2) is 6.08. The molecular formula is C12H10F3N3OS. The molecule has 0 aliphatic heterocycles. The Balaban J connectivity index is 1.98. The predicted octanol–water partition coefficient (Wildman–Crippen LogP) is 2.40. The first-order chi connectivity index (χ1) is 9.46. The Hall–Kier alpha value is -1.83. The topological polar surface area (TPSA) is 54.9 Å². The van der Waals surface area contributed by atoms with Crippen LogP contribution in [0.2, 0.25) is 0 Å². The third-order valence-electron chi connectivity index (χ3n) is 2.33. The molecule has 0 spiro atoms. The van der Waals surface area contributed by atoms with Crippen molar-refractivity contribution < 1.29 is 18.0 Å². The highest BCUT2D eigenvalue weighted by molar-refractivity contribution is 8.00. The largest absolute Gasteiger partial charge is 0.405 e. The van der Waals surface area contributed by atoms with E-state index in [0.29, 0.717) is 5.03 Å². The molecule has 1 aromatic carbocycles. The van der Waals surface area contributed by atoms with Crippen molar-refractivity contribution in [1.82, 2.24) is 15.3 Å². The molecule has 20 heavy (non-hydrogen) atoms. The first kappa shape index (κ1) is 14.6. The number of aromatic nitrogens is 2. The van der Waals surface area contributed by atoms with Gasteiger partial charge in [0.25, 0.3) is 0 Å². The first-order valence-corrected chi connectivity index (χ1v) is 6.60. The summed E-state index contributed by atoms with van der Waals surface area (Å²) in [6.45, 7) is -1.32. The molecule has 0 saturated carbocycles. The highest BCUT2D eigenvalue weighted by Gasteiger charge is 2.27. The maximum Gasteiger partial charge on any atom is 0.405 e. The minimum atomic E-state index is -4.40. The Bertz CT molecular complexity index is 613. The van der Waals surface area contributed by atoms with Gasteiger partial charge in [-0.15, -0.1) is 0 Å². The summed E-state index contributed by atoms with van der Waals surface area (Å²) in [5, 5.41) is 3.15. The maximum absolute atomic E-state index is 11.9. The van der Waals surface area contributed by atoms with Crippen molar-refractivity contribution >= 4 is 28.6 Å². The van der Waals surface area contributed by atoms with E-state index >= 15 is 0 Å². The van der Waals surface area contributed by atoms with Crippen LogP contribution in [0.1, 0.15) is 0 Å². The predicted molar refractivity (Wildman–Crippen MR) is 69.3 cm³/mol. The number of amides is 1. The van der Waals surface area contributed by atoms with Gasteiger partial charge in [0.2, 0.25) is 5.91 Å². The monoisotopic (exact) mass is 301 g/mol. The number of carbonyl (C=O) groups is 1. The summed E-state index contributed by atoms with van der Waals surface area (Å²) in [6, 6.07) is 7.22. The van der Waals surface area contributed by atoms with Gasteiger partial charge in [0.15, 0.2) is 0 Å². The van der Waals surface area contributed by atoms with E-state index in [1.807, 2.05) is 11.4 Å². The molecule has 2 aromatic rings. The quantitative estimate of drug-likeness (QED) is 0.696. The number of para-hydroxylation sites is 1. The van der Waals surface area contributed by atoms with Crippen LogP contribution in [0.5, 0.6) is 0 Å². The summed E-state index contributed by atoms with van der Waals surface area (Å²) in [6.07, 6.45) is -3.04. The number of hydrogen-bond acceptors (Lipinski definition) is 4. The summed E-state index contributed by atoms with van der Waals surface area (Å²) < 4.78 is 35.8. The van der Waals surface area contributed by atoms with Crippen LogP contribution in [0.4, 0.5) is 13.2 Å². The molecule has 106 valence electrons. The number of nitrogens with zero attached hydrogens (tertiary/aromatic N) is 2. The molecule has 0 radical (unpaired) electrons. The van der Waals surface area contributed by atoms with Crippen molar-refractivity contribution in [3.8, 4) is 0 Å². The standard InChI is InChI=1S/C12H10F3N3OS/c13-12(14,15)6-16-10(19)5-20-11-8-3-1-2-4-9(8)17-7-18-11/h1-4,7H,5-6H2,(H,16,19). The molecule has 1 amide bonds. The number of carbonyl (C=O) groups excluding carboxylic acids is 1. The minimum Gasteiger partial charge on any atom is -0.346 e. The molecule has 2 rings (SSSR count). The fourth-order valence-corrected chi connectivity index (χ4v) is 2.30. The summed E-state index contributed by atoms with van der Waals surface area (Å²) >= 11 is 1.08. The van der Waals surface area contributed by atoms with Crippen LogP contribution >= 0.6 is 11.8 Å². The van der Waals surface area contributed by atoms with Crippen LogP contribution in [-0.4, -0.2) is 34.3 Å². The Morgan fingerprint density at radius 1 is 1.25 bits per heavy atom. The number of benzene rings is 1. The zero-order valence-corrected chi connectivity index (χ0v) is 11.0. The molecule has 1 aromatic heterocycles. The van der Waals surface area contributed by atoms with E-state index in [-0.39, 0.29) is 5.75 Å². The normalized spacial score (nSPS) is 11.6. The lowest BCUT2D eigenvalue weighted by atomic mass is 10.2.